The summed E-state index contributed by atoms with van der Waals surface area (Å²) in [6, 6.07) is 16.6. The van der Waals surface area contributed by atoms with Gasteiger partial charge in [-0.05, 0) is 53.9 Å². The van der Waals surface area contributed by atoms with E-state index in [2.05, 4.69) is 0 Å². The van der Waals surface area contributed by atoms with Crippen molar-refractivity contribution in [3.63, 3.8) is 0 Å². The number of aryl methyl sites for hydroxylation is 2. The number of thioether (sulfide) groups is 1. The van der Waals surface area contributed by atoms with Gasteiger partial charge in [-0.2, -0.15) is 13.2 Å². The minimum atomic E-state index is -4.38. The van der Waals surface area contributed by atoms with E-state index in [0.717, 1.165) is 39.2 Å². The lowest BCUT2D eigenvalue weighted by molar-refractivity contribution is -0.139. The number of aromatic nitrogens is 2. The first-order valence-corrected chi connectivity index (χ1v) is 11.9. The number of alkyl halides is 3. The van der Waals surface area contributed by atoms with E-state index in [1.54, 1.807) is 17.8 Å². The van der Waals surface area contributed by atoms with Gasteiger partial charge in [0.05, 0.1) is 16.6 Å². The first-order chi connectivity index (χ1) is 16.7. The number of halogens is 3. The highest BCUT2D eigenvalue weighted by Crippen LogP contribution is 2.34. The van der Waals surface area contributed by atoms with E-state index in [1.807, 2.05) is 48.9 Å². The van der Waals surface area contributed by atoms with Crippen LogP contribution in [-0.4, -0.2) is 27.2 Å². The van der Waals surface area contributed by atoms with Gasteiger partial charge in [-0.1, -0.05) is 31.2 Å². The highest BCUT2D eigenvalue weighted by atomic mass is 32.2. The Labute approximate surface area is 204 Å². The van der Waals surface area contributed by atoms with Gasteiger partial charge in [0.1, 0.15) is 11.6 Å². The second-order valence-electron chi connectivity index (χ2n) is 7.95. The van der Waals surface area contributed by atoms with Crippen LogP contribution in [0.2, 0.25) is 0 Å². The molecule has 0 saturated heterocycles. The Hall–Kier alpha value is -3.46. The van der Waals surface area contributed by atoms with Crippen molar-refractivity contribution in [2.24, 2.45) is 7.05 Å². The fourth-order valence-electron chi connectivity index (χ4n) is 3.82. The largest absolute Gasteiger partial charge is 0.482 e. The molecule has 3 aromatic carbocycles. The van der Waals surface area contributed by atoms with E-state index in [1.165, 1.54) is 12.1 Å². The molecular formula is C26H23F3N2O3S. The topological polar surface area (TPSA) is 64.4 Å². The lowest BCUT2D eigenvalue weighted by Gasteiger charge is -2.11. The molecule has 9 heteroatoms. The zero-order valence-corrected chi connectivity index (χ0v) is 19.9. The summed E-state index contributed by atoms with van der Waals surface area (Å²) in [5.74, 6) is 0.774. The van der Waals surface area contributed by atoms with Crippen LogP contribution in [0.4, 0.5) is 13.2 Å². The first kappa shape index (κ1) is 24.7. The van der Waals surface area contributed by atoms with Crippen LogP contribution in [0, 0.1) is 0 Å². The standard InChI is InChI=1S/C26H23F3N2O3S/c1-3-16-13-20(11-12-22(16)34-14-23(32)33)35-15-18-5-4-6-21-24(18)30-25(31(21)2)17-7-9-19(10-8-17)26(27,28)29/h4-13H,3,14-15H2,1-2H3,(H,32,33). The summed E-state index contributed by atoms with van der Waals surface area (Å²) in [6.45, 7) is 1.59. The van der Waals surface area contributed by atoms with Crippen molar-refractivity contribution in [1.82, 2.24) is 9.55 Å². The molecule has 0 amide bonds. The Morgan fingerprint density at radius 3 is 2.49 bits per heavy atom. The molecule has 0 bridgehead atoms. The molecule has 182 valence electrons. The van der Waals surface area contributed by atoms with Gasteiger partial charge in [0.15, 0.2) is 6.61 Å². The van der Waals surface area contributed by atoms with Crippen LogP contribution >= 0.6 is 11.8 Å². The summed E-state index contributed by atoms with van der Waals surface area (Å²) in [6.07, 6.45) is -3.68. The molecular weight excluding hydrogens is 477 g/mol. The third-order valence-corrected chi connectivity index (χ3v) is 6.67. The van der Waals surface area contributed by atoms with Gasteiger partial charge in [0.2, 0.25) is 0 Å². The number of hydrogen-bond acceptors (Lipinski definition) is 4. The molecule has 0 radical (unpaired) electrons. The second kappa shape index (κ2) is 10.0. The molecule has 5 nitrogen and oxygen atoms in total. The van der Waals surface area contributed by atoms with Crippen LogP contribution in [0.25, 0.3) is 22.4 Å². The Morgan fingerprint density at radius 1 is 1.09 bits per heavy atom. The van der Waals surface area contributed by atoms with E-state index < -0.39 is 17.7 Å². The number of imidazole rings is 1. The number of fused-ring (bicyclic) bond motifs is 1. The lowest BCUT2D eigenvalue weighted by atomic mass is 10.1. The molecule has 0 saturated carbocycles. The quantitative estimate of drug-likeness (QED) is 0.277. The zero-order chi connectivity index (χ0) is 25.2. The van der Waals surface area contributed by atoms with Crippen LogP contribution in [0.3, 0.4) is 0 Å². The molecule has 0 aliphatic heterocycles. The number of ether oxygens (including phenoxy) is 1. The van der Waals surface area contributed by atoms with E-state index in [-0.39, 0.29) is 6.61 Å². The molecule has 4 aromatic rings. The second-order valence-corrected chi connectivity index (χ2v) is 9.00. The third-order valence-electron chi connectivity index (χ3n) is 5.62. The van der Waals surface area contributed by atoms with Crippen molar-refractivity contribution in [1.29, 1.82) is 0 Å². The highest BCUT2D eigenvalue weighted by molar-refractivity contribution is 7.98. The molecule has 0 aliphatic carbocycles. The van der Waals surface area contributed by atoms with Gasteiger partial charge >= 0.3 is 12.1 Å². The van der Waals surface area contributed by atoms with Crippen molar-refractivity contribution in [2.75, 3.05) is 6.61 Å². The van der Waals surface area contributed by atoms with Crippen LogP contribution in [0.5, 0.6) is 5.75 Å². The van der Waals surface area contributed by atoms with Crippen LogP contribution in [0.1, 0.15) is 23.6 Å². The van der Waals surface area contributed by atoms with Gasteiger partial charge < -0.3 is 14.4 Å². The van der Waals surface area contributed by atoms with E-state index in [9.17, 15) is 18.0 Å². The molecule has 35 heavy (non-hydrogen) atoms. The Morgan fingerprint density at radius 2 is 1.83 bits per heavy atom. The molecule has 0 unspecified atom stereocenters. The van der Waals surface area contributed by atoms with Crippen molar-refractivity contribution in [2.45, 2.75) is 30.2 Å². The van der Waals surface area contributed by atoms with Gasteiger partial charge in [0.25, 0.3) is 0 Å². The third kappa shape index (κ3) is 5.45. The number of nitrogens with zero attached hydrogens (tertiary/aromatic N) is 2. The lowest BCUT2D eigenvalue weighted by Crippen LogP contribution is -2.10. The molecule has 1 N–H and O–H groups in total. The maximum absolute atomic E-state index is 12.9. The number of carboxylic acid groups (broad SMARTS) is 1. The van der Waals surface area contributed by atoms with Gasteiger partial charge in [-0.25, -0.2) is 9.78 Å². The van der Waals surface area contributed by atoms with E-state index >= 15 is 0 Å². The fourth-order valence-corrected chi connectivity index (χ4v) is 4.76. The Bertz CT molecular complexity index is 1370. The summed E-state index contributed by atoms with van der Waals surface area (Å²) in [5, 5.41) is 8.85. The fraction of sp³-hybridized carbons (Fsp3) is 0.231. The maximum Gasteiger partial charge on any atom is 0.416 e. The van der Waals surface area contributed by atoms with Crippen molar-refractivity contribution < 1.29 is 27.8 Å². The number of para-hydroxylation sites is 1. The predicted molar refractivity (Wildman–Crippen MR) is 130 cm³/mol. The SMILES string of the molecule is CCc1cc(SCc2cccc3c2nc(-c2ccc(C(F)(F)F)cc2)n3C)ccc1OCC(=O)O. The number of benzene rings is 3. The van der Waals surface area contributed by atoms with Crippen LogP contribution in [-0.2, 0) is 30.2 Å². The molecule has 0 spiro atoms. The Kier molecular flexibility index (Phi) is 7.07. The van der Waals surface area contributed by atoms with Gasteiger partial charge in [0, 0.05) is 23.3 Å². The minimum Gasteiger partial charge on any atom is -0.482 e. The number of carboxylic acids is 1. The Balaban J connectivity index is 1.58. The molecule has 1 aromatic heterocycles. The van der Waals surface area contributed by atoms with Crippen molar-refractivity contribution in [3.8, 4) is 17.1 Å². The normalized spacial score (nSPS) is 11.7. The summed E-state index contributed by atoms with van der Waals surface area (Å²) in [4.78, 5) is 16.6. The van der Waals surface area contributed by atoms with E-state index in [4.69, 9.17) is 14.8 Å². The van der Waals surface area contributed by atoms with Crippen LogP contribution in [0.15, 0.2) is 65.6 Å². The summed E-state index contributed by atoms with van der Waals surface area (Å²) in [5.41, 5.74) is 3.55. The summed E-state index contributed by atoms with van der Waals surface area (Å²) < 4.78 is 46.0. The molecule has 0 aliphatic rings. The maximum atomic E-state index is 12.9. The molecule has 4 rings (SSSR count). The minimum absolute atomic E-state index is 0.386. The zero-order valence-electron chi connectivity index (χ0n) is 19.1. The van der Waals surface area contributed by atoms with E-state index in [0.29, 0.717) is 29.3 Å². The summed E-state index contributed by atoms with van der Waals surface area (Å²) in [7, 11) is 1.85. The molecule has 1 heterocycles. The van der Waals surface area contributed by atoms with Gasteiger partial charge in [-0.15, -0.1) is 11.8 Å². The smallest absolute Gasteiger partial charge is 0.416 e. The number of hydrogen-bond donors (Lipinski definition) is 1. The van der Waals surface area contributed by atoms with Crippen molar-refractivity contribution >= 4 is 28.8 Å². The molecule has 0 fully saturated rings. The monoisotopic (exact) mass is 500 g/mol. The first-order valence-electron chi connectivity index (χ1n) is 10.9. The average Bonchev–Trinajstić information content (AvgIpc) is 3.18. The molecule has 0 atom stereocenters. The average molecular weight is 501 g/mol. The van der Waals surface area contributed by atoms with Gasteiger partial charge in [-0.3, -0.25) is 0 Å². The summed E-state index contributed by atoms with van der Waals surface area (Å²) >= 11 is 1.62. The predicted octanol–water partition coefficient (Wildman–Crippen LogP) is 6.58. The number of carbonyl (C=O) groups is 1. The van der Waals surface area contributed by atoms with Crippen LogP contribution < -0.4 is 4.74 Å². The number of rotatable bonds is 8. The van der Waals surface area contributed by atoms with Crippen molar-refractivity contribution in [3.05, 3.63) is 77.4 Å². The number of aliphatic carboxylic acids is 1. The highest BCUT2D eigenvalue weighted by Gasteiger charge is 2.30.